The molecule has 0 radical (unpaired) electrons. The van der Waals surface area contributed by atoms with Crippen LogP contribution in [0.25, 0.3) is 0 Å². The van der Waals surface area contributed by atoms with Gasteiger partial charge in [-0.1, -0.05) is 42.5 Å². The highest BCUT2D eigenvalue weighted by Gasteiger charge is 2.09. The fourth-order valence-corrected chi connectivity index (χ4v) is 2.44. The number of hydrogen-bond donors (Lipinski definition) is 4. The maximum Gasteiger partial charge on any atom is 0.314 e. The van der Waals surface area contributed by atoms with Crippen LogP contribution in [0.4, 0.5) is 4.79 Å². The number of carbonyl (C=O) groups is 1. The molecular weight excluding hydrogens is 302 g/mol. The molecule has 2 amide bonds. The molecular formula is C19H25N3O2. The van der Waals surface area contributed by atoms with Crippen molar-refractivity contribution in [3.63, 3.8) is 0 Å². The van der Waals surface area contributed by atoms with Crippen LogP contribution in [0.3, 0.4) is 0 Å². The second kappa shape index (κ2) is 9.57. The Labute approximate surface area is 143 Å². The summed E-state index contributed by atoms with van der Waals surface area (Å²) in [4.78, 5) is 11.9. The van der Waals surface area contributed by atoms with Gasteiger partial charge in [-0.15, -0.1) is 0 Å². The van der Waals surface area contributed by atoms with Crippen LogP contribution in [0.1, 0.15) is 11.1 Å². The lowest BCUT2D eigenvalue weighted by Crippen LogP contribution is -2.44. The zero-order chi connectivity index (χ0) is 17.2. The van der Waals surface area contributed by atoms with Gasteiger partial charge in [-0.2, -0.15) is 0 Å². The molecule has 24 heavy (non-hydrogen) atoms. The minimum absolute atomic E-state index is 0.134. The summed E-state index contributed by atoms with van der Waals surface area (Å²) >= 11 is 0. The van der Waals surface area contributed by atoms with Gasteiger partial charge < -0.3 is 21.1 Å². The first kappa shape index (κ1) is 17.8. The molecule has 2 aromatic rings. The van der Waals surface area contributed by atoms with Crippen LogP contribution >= 0.6 is 0 Å². The van der Waals surface area contributed by atoms with Crippen LogP contribution in [0, 0.1) is 0 Å². The van der Waals surface area contributed by atoms with Crippen LogP contribution in [0.15, 0.2) is 54.6 Å². The molecule has 2 rings (SSSR count). The summed E-state index contributed by atoms with van der Waals surface area (Å²) in [6.07, 6.45) is 1.60. The van der Waals surface area contributed by atoms with Crippen LogP contribution < -0.4 is 16.0 Å². The van der Waals surface area contributed by atoms with Gasteiger partial charge in [0.2, 0.25) is 0 Å². The van der Waals surface area contributed by atoms with Gasteiger partial charge in [0.25, 0.3) is 0 Å². The number of phenolic OH excluding ortho intramolecular Hbond substituents is 1. The van der Waals surface area contributed by atoms with E-state index in [1.54, 1.807) is 12.1 Å². The number of carbonyl (C=O) groups excluding carboxylic acids is 1. The summed E-state index contributed by atoms with van der Waals surface area (Å²) in [6, 6.07) is 17.2. The monoisotopic (exact) mass is 327 g/mol. The minimum atomic E-state index is -0.156. The first-order valence-electron chi connectivity index (χ1n) is 8.18. The molecule has 4 N–H and O–H groups in total. The fourth-order valence-electron chi connectivity index (χ4n) is 2.44. The van der Waals surface area contributed by atoms with Crippen LogP contribution in [-0.4, -0.2) is 37.3 Å². The Kier molecular flexibility index (Phi) is 7.11. The summed E-state index contributed by atoms with van der Waals surface area (Å²) in [5.74, 6) is 0.260. The molecule has 2 aromatic carbocycles. The quantitative estimate of drug-likeness (QED) is 0.600. The summed E-state index contributed by atoms with van der Waals surface area (Å²) in [5, 5.41) is 18.3. The van der Waals surface area contributed by atoms with Crippen molar-refractivity contribution in [1.82, 2.24) is 16.0 Å². The zero-order valence-corrected chi connectivity index (χ0v) is 14.0. The van der Waals surface area contributed by atoms with E-state index in [1.807, 2.05) is 49.5 Å². The molecule has 5 heteroatoms. The minimum Gasteiger partial charge on any atom is -0.508 e. The molecule has 5 nitrogen and oxygen atoms in total. The van der Waals surface area contributed by atoms with E-state index in [2.05, 4.69) is 16.0 Å². The normalized spacial score (nSPS) is 11.7. The largest absolute Gasteiger partial charge is 0.508 e. The fraction of sp³-hybridized carbons (Fsp3) is 0.316. The summed E-state index contributed by atoms with van der Waals surface area (Å²) in [7, 11) is 1.88. The van der Waals surface area contributed by atoms with Crippen molar-refractivity contribution in [2.75, 3.05) is 20.1 Å². The maximum absolute atomic E-state index is 11.9. The van der Waals surface area contributed by atoms with Gasteiger partial charge in [-0.05, 0) is 43.1 Å². The Balaban J connectivity index is 1.68. The predicted octanol–water partition coefficient (Wildman–Crippen LogP) is 2.06. The summed E-state index contributed by atoms with van der Waals surface area (Å²) < 4.78 is 0. The van der Waals surface area contributed by atoms with E-state index < -0.39 is 0 Å². The third-order valence-corrected chi connectivity index (χ3v) is 3.88. The van der Waals surface area contributed by atoms with E-state index in [9.17, 15) is 9.90 Å². The van der Waals surface area contributed by atoms with E-state index in [0.29, 0.717) is 13.1 Å². The SMILES string of the molecule is CN[C@H](CNC(=O)NCCc1ccccc1)Cc1ccc(O)cc1. The molecule has 0 fully saturated rings. The van der Waals surface area contributed by atoms with E-state index >= 15 is 0 Å². The molecule has 0 aromatic heterocycles. The average Bonchev–Trinajstić information content (AvgIpc) is 2.61. The van der Waals surface area contributed by atoms with Crippen molar-refractivity contribution in [3.8, 4) is 5.75 Å². The Bertz CT molecular complexity index is 614. The molecule has 0 unspecified atom stereocenters. The zero-order valence-electron chi connectivity index (χ0n) is 14.0. The van der Waals surface area contributed by atoms with E-state index in [-0.39, 0.29) is 17.8 Å². The van der Waals surface area contributed by atoms with Crippen molar-refractivity contribution < 1.29 is 9.90 Å². The van der Waals surface area contributed by atoms with Gasteiger partial charge in [0.15, 0.2) is 0 Å². The first-order valence-corrected chi connectivity index (χ1v) is 8.18. The highest BCUT2D eigenvalue weighted by atomic mass is 16.3. The second-order valence-electron chi connectivity index (χ2n) is 5.73. The number of nitrogens with one attached hydrogen (secondary N) is 3. The Morgan fingerprint density at radius 1 is 1.00 bits per heavy atom. The standard InChI is InChI=1S/C19H25N3O2/c1-20-17(13-16-7-9-18(23)10-8-16)14-22-19(24)21-12-11-15-5-3-2-4-6-15/h2-10,17,20,23H,11-14H2,1H3,(H2,21,22,24)/t17-/m0/s1. The summed E-state index contributed by atoms with van der Waals surface area (Å²) in [6.45, 7) is 1.15. The molecule has 0 aliphatic carbocycles. The van der Waals surface area contributed by atoms with E-state index in [1.165, 1.54) is 5.56 Å². The number of rotatable bonds is 8. The summed E-state index contributed by atoms with van der Waals surface area (Å²) in [5.41, 5.74) is 2.32. The highest BCUT2D eigenvalue weighted by molar-refractivity contribution is 5.73. The number of urea groups is 1. The number of amides is 2. The molecule has 0 saturated carbocycles. The molecule has 0 saturated heterocycles. The average molecular weight is 327 g/mol. The predicted molar refractivity (Wildman–Crippen MR) is 96.2 cm³/mol. The molecule has 1 atom stereocenters. The number of benzene rings is 2. The van der Waals surface area contributed by atoms with Gasteiger partial charge in [0, 0.05) is 19.1 Å². The van der Waals surface area contributed by atoms with Crippen molar-refractivity contribution in [3.05, 3.63) is 65.7 Å². The molecule has 0 bridgehead atoms. The topological polar surface area (TPSA) is 73.4 Å². The smallest absolute Gasteiger partial charge is 0.314 e. The van der Waals surface area contributed by atoms with Gasteiger partial charge >= 0.3 is 6.03 Å². The van der Waals surface area contributed by atoms with Crippen LogP contribution in [-0.2, 0) is 12.8 Å². The molecule has 0 aliphatic rings. The molecule has 0 aliphatic heterocycles. The first-order chi connectivity index (χ1) is 11.7. The van der Waals surface area contributed by atoms with Crippen molar-refractivity contribution in [2.45, 2.75) is 18.9 Å². The third kappa shape index (κ3) is 6.30. The Morgan fingerprint density at radius 2 is 1.71 bits per heavy atom. The second-order valence-corrected chi connectivity index (χ2v) is 5.73. The molecule has 0 heterocycles. The van der Waals surface area contributed by atoms with Crippen molar-refractivity contribution >= 4 is 6.03 Å². The van der Waals surface area contributed by atoms with Crippen LogP contribution in [0.5, 0.6) is 5.75 Å². The molecule has 128 valence electrons. The van der Waals surface area contributed by atoms with Gasteiger partial charge in [0.05, 0.1) is 0 Å². The Morgan fingerprint density at radius 3 is 2.38 bits per heavy atom. The van der Waals surface area contributed by atoms with E-state index in [4.69, 9.17) is 0 Å². The van der Waals surface area contributed by atoms with Gasteiger partial charge in [-0.25, -0.2) is 4.79 Å². The van der Waals surface area contributed by atoms with E-state index in [0.717, 1.165) is 18.4 Å². The van der Waals surface area contributed by atoms with Crippen molar-refractivity contribution in [1.29, 1.82) is 0 Å². The van der Waals surface area contributed by atoms with Gasteiger partial charge in [-0.3, -0.25) is 0 Å². The van der Waals surface area contributed by atoms with Gasteiger partial charge in [0.1, 0.15) is 5.75 Å². The van der Waals surface area contributed by atoms with Crippen LogP contribution in [0.2, 0.25) is 0 Å². The maximum atomic E-state index is 11.9. The number of hydrogen-bond acceptors (Lipinski definition) is 3. The lowest BCUT2D eigenvalue weighted by atomic mass is 10.1. The number of aromatic hydroxyl groups is 1. The number of phenols is 1. The van der Waals surface area contributed by atoms with Crippen molar-refractivity contribution in [2.24, 2.45) is 0 Å². The Hall–Kier alpha value is -2.53. The molecule has 0 spiro atoms. The number of likely N-dealkylation sites (N-methyl/N-ethyl adjacent to an activating group) is 1. The lowest BCUT2D eigenvalue weighted by Gasteiger charge is -2.17. The third-order valence-electron chi connectivity index (χ3n) is 3.88. The highest BCUT2D eigenvalue weighted by Crippen LogP contribution is 2.11. The lowest BCUT2D eigenvalue weighted by molar-refractivity contribution is 0.239.